The van der Waals surface area contributed by atoms with Crippen molar-refractivity contribution in [3.05, 3.63) is 41.6 Å². The summed E-state index contributed by atoms with van der Waals surface area (Å²) in [6.07, 6.45) is 5.89. The zero-order valence-corrected chi connectivity index (χ0v) is 16.6. The zero-order valence-electron chi connectivity index (χ0n) is 16.6. The lowest BCUT2D eigenvalue weighted by atomic mass is 10.2. The molecular weight excluding hydrogens is 338 g/mol. The van der Waals surface area contributed by atoms with Crippen molar-refractivity contribution in [2.75, 3.05) is 18.0 Å². The van der Waals surface area contributed by atoms with Gasteiger partial charge in [-0.25, -0.2) is 9.97 Å². The second-order valence-corrected chi connectivity index (χ2v) is 7.37. The van der Waals surface area contributed by atoms with Crippen LogP contribution < -0.4 is 4.90 Å². The summed E-state index contributed by atoms with van der Waals surface area (Å²) in [5.41, 5.74) is 5.47. The van der Waals surface area contributed by atoms with Gasteiger partial charge in [-0.15, -0.1) is 0 Å². The van der Waals surface area contributed by atoms with Gasteiger partial charge in [-0.05, 0) is 45.7 Å². The van der Waals surface area contributed by atoms with Crippen molar-refractivity contribution in [2.24, 2.45) is 0 Å². The Kier molecular flexibility index (Phi) is 4.68. The van der Waals surface area contributed by atoms with Gasteiger partial charge in [-0.1, -0.05) is 6.92 Å². The van der Waals surface area contributed by atoms with Crippen molar-refractivity contribution in [2.45, 2.75) is 53.1 Å². The fourth-order valence-corrected chi connectivity index (χ4v) is 3.92. The molecule has 0 aliphatic carbocycles. The van der Waals surface area contributed by atoms with Crippen LogP contribution >= 0.6 is 0 Å². The second kappa shape index (κ2) is 7.13. The maximum absolute atomic E-state index is 4.85. The Balaban J connectivity index is 1.56. The highest BCUT2D eigenvalue weighted by molar-refractivity contribution is 5.62. The molecule has 142 valence electrons. The largest absolute Gasteiger partial charge is 0.339 e. The molecule has 4 rings (SSSR count). The van der Waals surface area contributed by atoms with E-state index in [9.17, 15) is 0 Å². The number of rotatable bonds is 5. The van der Waals surface area contributed by atoms with Gasteiger partial charge in [0.25, 0.3) is 0 Å². The van der Waals surface area contributed by atoms with Crippen LogP contribution in [-0.4, -0.2) is 42.6 Å². The molecule has 0 aromatic carbocycles. The van der Waals surface area contributed by atoms with Crippen molar-refractivity contribution in [1.82, 2.24) is 29.5 Å². The maximum atomic E-state index is 4.85. The number of anilines is 1. The molecule has 0 amide bonds. The molecule has 7 heteroatoms. The Morgan fingerprint density at radius 3 is 2.81 bits per heavy atom. The van der Waals surface area contributed by atoms with Crippen LogP contribution in [0.1, 0.15) is 42.9 Å². The molecule has 0 radical (unpaired) electrons. The Hall–Kier alpha value is -2.70. The lowest BCUT2D eigenvalue weighted by Crippen LogP contribution is -2.23. The standard InChI is InChI=1S/C20H27N7/c1-5-9-26-16(4)18(12-22-26)19-6-8-21-20(23-19)25-10-7-17(13-25)27-15(3)11-14(2)24-27/h6,8,11-12,17H,5,7,9-10,13H2,1-4H3/t17-/m0/s1. The van der Waals surface area contributed by atoms with Crippen LogP contribution in [0.2, 0.25) is 0 Å². The third-order valence-electron chi connectivity index (χ3n) is 5.29. The predicted octanol–water partition coefficient (Wildman–Crippen LogP) is 3.32. The number of nitrogens with zero attached hydrogens (tertiary/aromatic N) is 7. The van der Waals surface area contributed by atoms with Gasteiger partial charge in [0.05, 0.1) is 23.6 Å². The molecule has 7 nitrogen and oxygen atoms in total. The minimum atomic E-state index is 0.375. The molecule has 0 unspecified atom stereocenters. The van der Waals surface area contributed by atoms with Gasteiger partial charge < -0.3 is 4.90 Å². The van der Waals surface area contributed by atoms with E-state index in [0.717, 1.165) is 61.1 Å². The minimum Gasteiger partial charge on any atom is -0.339 e. The zero-order chi connectivity index (χ0) is 19.0. The van der Waals surface area contributed by atoms with Crippen LogP contribution in [0.5, 0.6) is 0 Å². The number of aromatic nitrogens is 6. The summed E-state index contributed by atoms with van der Waals surface area (Å²) < 4.78 is 4.20. The first kappa shape index (κ1) is 17.7. The molecule has 0 bridgehead atoms. The predicted molar refractivity (Wildman–Crippen MR) is 106 cm³/mol. The Morgan fingerprint density at radius 1 is 1.22 bits per heavy atom. The molecule has 0 spiro atoms. The van der Waals surface area contributed by atoms with Crippen LogP contribution in [0.3, 0.4) is 0 Å². The molecular formula is C20H27N7. The van der Waals surface area contributed by atoms with E-state index in [1.807, 2.05) is 30.1 Å². The highest BCUT2D eigenvalue weighted by Crippen LogP contribution is 2.28. The van der Waals surface area contributed by atoms with E-state index in [2.05, 4.69) is 51.6 Å². The normalized spacial score (nSPS) is 17.0. The summed E-state index contributed by atoms with van der Waals surface area (Å²) >= 11 is 0. The molecule has 0 saturated carbocycles. The quantitative estimate of drug-likeness (QED) is 0.694. The molecule has 3 aromatic heterocycles. The van der Waals surface area contributed by atoms with Gasteiger partial charge in [0.1, 0.15) is 0 Å². The van der Waals surface area contributed by atoms with Gasteiger partial charge in [-0.3, -0.25) is 9.36 Å². The highest BCUT2D eigenvalue weighted by atomic mass is 15.4. The van der Waals surface area contributed by atoms with E-state index in [4.69, 9.17) is 4.98 Å². The van der Waals surface area contributed by atoms with Gasteiger partial charge in [0.15, 0.2) is 0 Å². The van der Waals surface area contributed by atoms with Crippen LogP contribution in [0.25, 0.3) is 11.3 Å². The molecule has 27 heavy (non-hydrogen) atoms. The van der Waals surface area contributed by atoms with E-state index in [0.29, 0.717) is 6.04 Å². The number of hydrogen-bond donors (Lipinski definition) is 0. The van der Waals surface area contributed by atoms with E-state index in [1.54, 1.807) is 0 Å². The van der Waals surface area contributed by atoms with Crippen molar-refractivity contribution in [3.8, 4) is 11.3 Å². The fourth-order valence-electron chi connectivity index (χ4n) is 3.92. The average Bonchev–Trinajstić information content (AvgIpc) is 3.35. The van der Waals surface area contributed by atoms with Crippen molar-refractivity contribution >= 4 is 5.95 Å². The first-order valence-corrected chi connectivity index (χ1v) is 9.70. The topological polar surface area (TPSA) is 64.7 Å². The SMILES string of the molecule is CCCn1ncc(-c2ccnc(N3CC[C@H](n4nc(C)cc4C)C3)n2)c1C. The van der Waals surface area contributed by atoms with Crippen LogP contribution in [0.15, 0.2) is 24.5 Å². The molecule has 1 aliphatic heterocycles. The molecule has 1 fully saturated rings. The van der Waals surface area contributed by atoms with E-state index in [1.165, 1.54) is 5.69 Å². The second-order valence-electron chi connectivity index (χ2n) is 7.37. The smallest absolute Gasteiger partial charge is 0.225 e. The van der Waals surface area contributed by atoms with Gasteiger partial charge in [-0.2, -0.15) is 10.2 Å². The molecule has 0 N–H and O–H groups in total. The minimum absolute atomic E-state index is 0.375. The number of aryl methyl sites for hydroxylation is 3. The summed E-state index contributed by atoms with van der Waals surface area (Å²) in [5.74, 6) is 0.791. The first-order valence-electron chi connectivity index (χ1n) is 9.70. The lowest BCUT2D eigenvalue weighted by Gasteiger charge is -2.17. The maximum Gasteiger partial charge on any atom is 0.225 e. The van der Waals surface area contributed by atoms with Crippen molar-refractivity contribution < 1.29 is 0 Å². The Labute approximate surface area is 160 Å². The first-order chi connectivity index (χ1) is 13.1. The van der Waals surface area contributed by atoms with E-state index in [-0.39, 0.29) is 0 Å². The van der Waals surface area contributed by atoms with Crippen molar-refractivity contribution in [3.63, 3.8) is 0 Å². The van der Waals surface area contributed by atoms with Crippen LogP contribution in [0.4, 0.5) is 5.95 Å². The summed E-state index contributed by atoms with van der Waals surface area (Å²) in [7, 11) is 0. The number of hydrogen-bond acceptors (Lipinski definition) is 5. The Morgan fingerprint density at radius 2 is 2.07 bits per heavy atom. The monoisotopic (exact) mass is 365 g/mol. The van der Waals surface area contributed by atoms with Crippen LogP contribution in [-0.2, 0) is 6.54 Å². The summed E-state index contributed by atoms with van der Waals surface area (Å²) in [4.78, 5) is 11.6. The summed E-state index contributed by atoms with van der Waals surface area (Å²) in [6.45, 7) is 11.2. The van der Waals surface area contributed by atoms with Crippen LogP contribution in [0, 0.1) is 20.8 Å². The summed E-state index contributed by atoms with van der Waals surface area (Å²) in [5, 5.41) is 9.16. The third-order valence-corrected chi connectivity index (χ3v) is 5.29. The van der Waals surface area contributed by atoms with Gasteiger partial charge in [0, 0.05) is 42.8 Å². The third kappa shape index (κ3) is 3.34. The molecule has 3 aromatic rings. The van der Waals surface area contributed by atoms with Gasteiger partial charge >= 0.3 is 0 Å². The molecule has 1 atom stereocenters. The highest BCUT2D eigenvalue weighted by Gasteiger charge is 2.27. The molecule has 1 saturated heterocycles. The van der Waals surface area contributed by atoms with Gasteiger partial charge in [0.2, 0.25) is 5.95 Å². The Bertz CT molecular complexity index is 940. The molecule has 1 aliphatic rings. The van der Waals surface area contributed by atoms with E-state index < -0.39 is 0 Å². The lowest BCUT2D eigenvalue weighted by molar-refractivity contribution is 0.480. The fraction of sp³-hybridized carbons (Fsp3) is 0.500. The van der Waals surface area contributed by atoms with E-state index >= 15 is 0 Å². The average molecular weight is 365 g/mol. The van der Waals surface area contributed by atoms with Crippen molar-refractivity contribution in [1.29, 1.82) is 0 Å². The molecule has 4 heterocycles. The summed E-state index contributed by atoms with van der Waals surface area (Å²) in [6, 6.07) is 4.48.